The van der Waals surface area contributed by atoms with Gasteiger partial charge in [-0.05, 0) is 24.3 Å². The minimum atomic E-state index is 0.462. The molecule has 3 rings (SSSR count). The van der Waals surface area contributed by atoms with Crippen LogP contribution in [0.2, 0.25) is 0 Å². The molecule has 17 heavy (non-hydrogen) atoms. The van der Waals surface area contributed by atoms with Crippen LogP contribution in [0.15, 0.2) is 28.7 Å². The normalized spacial score (nSPS) is 11.1. The first-order chi connectivity index (χ1) is 8.26. The van der Waals surface area contributed by atoms with Crippen molar-refractivity contribution in [1.29, 1.82) is 0 Å². The molecule has 0 saturated carbocycles. The van der Waals surface area contributed by atoms with Crippen LogP contribution in [0.3, 0.4) is 0 Å². The number of rotatable bonds is 2. The van der Waals surface area contributed by atoms with E-state index in [1.165, 1.54) is 0 Å². The first-order valence-electron chi connectivity index (χ1n) is 5.47. The molecule has 0 bridgehead atoms. The molecule has 0 fully saturated rings. The number of aryl methyl sites for hydroxylation is 1. The van der Waals surface area contributed by atoms with Gasteiger partial charge < -0.3 is 15.1 Å². The van der Waals surface area contributed by atoms with Crippen molar-refractivity contribution in [2.45, 2.75) is 13.3 Å². The molecule has 0 aliphatic rings. The van der Waals surface area contributed by atoms with E-state index in [1.54, 1.807) is 6.07 Å². The predicted molar refractivity (Wildman–Crippen MR) is 65.4 cm³/mol. The standard InChI is InChI=1S/C12H12N4O/c1-2-7-3-5-9(17-7)12-14-8-4-6-10(13)15-11(8)16-12/h3-6H,2H2,1H3,(H3,13,14,15,16). The van der Waals surface area contributed by atoms with Crippen LogP contribution in [0.4, 0.5) is 5.82 Å². The third-order valence-electron chi connectivity index (χ3n) is 2.61. The largest absolute Gasteiger partial charge is 0.458 e. The molecule has 0 aliphatic heterocycles. The lowest BCUT2D eigenvalue weighted by atomic mass is 10.3. The van der Waals surface area contributed by atoms with Gasteiger partial charge in [0.05, 0.1) is 5.52 Å². The van der Waals surface area contributed by atoms with Gasteiger partial charge in [0.25, 0.3) is 0 Å². The summed E-state index contributed by atoms with van der Waals surface area (Å²) in [6.07, 6.45) is 0.866. The van der Waals surface area contributed by atoms with Gasteiger partial charge >= 0.3 is 0 Å². The molecule has 0 saturated heterocycles. The summed E-state index contributed by atoms with van der Waals surface area (Å²) >= 11 is 0. The number of nitrogen functional groups attached to an aromatic ring is 1. The Morgan fingerprint density at radius 2 is 2.12 bits per heavy atom. The van der Waals surface area contributed by atoms with E-state index in [4.69, 9.17) is 10.2 Å². The summed E-state index contributed by atoms with van der Waals surface area (Å²) in [5, 5.41) is 0. The average molecular weight is 228 g/mol. The molecule has 0 spiro atoms. The van der Waals surface area contributed by atoms with Crippen molar-refractivity contribution in [3.05, 3.63) is 30.0 Å². The number of fused-ring (bicyclic) bond motifs is 1. The Bertz CT molecular complexity index is 668. The Kier molecular flexibility index (Phi) is 2.11. The van der Waals surface area contributed by atoms with Crippen LogP contribution in [0.25, 0.3) is 22.7 Å². The molecule has 5 nitrogen and oxygen atoms in total. The number of aromatic amines is 1. The lowest BCUT2D eigenvalue weighted by Crippen LogP contribution is -1.88. The number of anilines is 1. The van der Waals surface area contributed by atoms with Gasteiger partial charge in [0.15, 0.2) is 17.2 Å². The molecule has 3 aromatic rings. The lowest BCUT2D eigenvalue weighted by Gasteiger charge is -1.89. The number of hydrogen-bond acceptors (Lipinski definition) is 4. The van der Waals surface area contributed by atoms with E-state index in [1.807, 2.05) is 25.1 Å². The molecule has 0 amide bonds. The van der Waals surface area contributed by atoms with E-state index in [0.29, 0.717) is 17.3 Å². The van der Waals surface area contributed by atoms with E-state index in [-0.39, 0.29) is 0 Å². The molecule has 3 aromatic heterocycles. The molecule has 0 radical (unpaired) electrons. The van der Waals surface area contributed by atoms with Crippen molar-refractivity contribution in [1.82, 2.24) is 15.0 Å². The Morgan fingerprint density at radius 1 is 1.24 bits per heavy atom. The van der Waals surface area contributed by atoms with E-state index in [0.717, 1.165) is 23.5 Å². The number of hydrogen-bond donors (Lipinski definition) is 2. The van der Waals surface area contributed by atoms with Crippen molar-refractivity contribution in [3.8, 4) is 11.6 Å². The zero-order valence-electron chi connectivity index (χ0n) is 9.40. The summed E-state index contributed by atoms with van der Waals surface area (Å²) in [7, 11) is 0. The second-order valence-electron chi connectivity index (χ2n) is 3.81. The van der Waals surface area contributed by atoms with Gasteiger partial charge in [-0.1, -0.05) is 6.92 Å². The third kappa shape index (κ3) is 1.65. The van der Waals surface area contributed by atoms with Gasteiger partial charge in [0.1, 0.15) is 11.6 Å². The van der Waals surface area contributed by atoms with Crippen molar-refractivity contribution in [3.63, 3.8) is 0 Å². The number of aromatic nitrogens is 3. The monoisotopic (exact) mass is 228 g/mol. The summed E-state index contributed by atoms with van der Waals surface area (Å²) in [6, 6.07) is 7.45. The van der Waals surface area contributed by atoms with E-state index < -0.39 is 0 Å². The van der Waals surface area contributed by atoms with Crippen LogP contribution in [0, 0.1) is 0 Å². The second kappa shape index (κ2) is 3.62. The molecule has 0 atom stereocenters. The van der Waals surface area contributed by atoms with Gasteiger partial charge in [0, 0.05) is 6.42 Å². The summed E-state index contributed by atoms with van der Waals surface area (Å²) in [6.45, 7) is 2.05. The molecule has 86 valence electrons. The Morgan fingerprint density at radius 3 is 2.88 bits per heavy atom. The van der Waals surface area contributed by atoms with Gasteiger partial charge in [-0.15, -0.1) is 0 Å². The van der Waals surface area contributed by atoms with Crippen LogP contribution in [0.5, 0.6) is 0 Å². The first-order valence-corrected chi connectivity index (χ1v) is 5.47. The van der Waals surface area contributed by atoms with Gasteiger partial charge in [-0.2, -0.15) is 0 Å². The first kappa shape index (κ1) is 9.89. The Hall–Kier alpha value is -2.30. The smallest absolute Gasteiger partial charge is 0.180 e. The number of nitrogens with zero attached hydrogens (tertiary/aromatic N) is 2. The minimum absolute atomic E-state index is 0.462. The van der Waals surface area contributed by atoms with E-state index in [2.05, 4.69) is 15.0 Å². The summed E-state index contributed by atoms with van der Waals surface area (Å²) in [5.74, 6) is 2.80. The van der Waals surface area contributed by atoms with Crippen molar-refractivity contribution >= 4 is 17.0 Å². The van der Waals surface area contributed by atoms with Crippen LogP contribution >= 0.6 is 0 Å². The van der Waals surface area contributed by atoms with E-state index in [9.17, 15) is 0 Å². The quantitative estimate of drug-likeness (QED) is 0.705. The maximum atomic E-state index is 5.63. The SMILES string of the molecule is CCc1ccc(-c2nc3nc(N)ccc3[nH]2)o1. The topological polar surface area (TPSA) is 80.7 Å². The van der Waals surface area contributed by atoms with E-state index >= 15 is 0 Å². The molecule has 3 N–H and O–H groups in total. The Labute approximate surface area is 97.7 Å². The summed E-state index contributed by atoms with van der Waals surface area (Å²) < 4.78 is 5.63. The fraction of sp³-hybridized carbons (Fsp3) is 0.167. The van der Waals surface area contributed by atoms with Gasteiger partial charge in [-0.25, -0.2) is 9.97 Å². The zero-order chi connectivity index (χ0) is 11.8. The number of nitrogens with two attached hydrogens (primary N) is 1. The van der Waals surface area contributed by atoms with Crippen LogP contribution in [0.1, 0.15) is 12.7 Å². The lowest BCUT2D eigenvalue weighted by molar-refractivity contribution is 0.526. The number of pyridine rings is 1. The van der Waals surface area contributed by atoms with Crippen molar-refractivity contribution in [2.24, 2.45) is 0 Å². The highest BCUT2D eigenvalue weighted by Crippen LogP contribution is 2.22. The average Bonchev–Trinajstić information content (AvgIpc) is 2.93. The third-order valence-corrected chi connectivity index (χ3v) is 2.61. The van der Waals surface area contributed by atoms with Crippen LogP contribution < -0.4 is 5.73 Å². The van der Waals surface area contributed by atoms with Crippen molar-refractivity contribution < 1.29 is 4.42 Å². The molecule has 0 aromatic carbocycles. The molecule has 0 aliphatic carbocycles. The molecule has 5 heteroatoms. The summed E-state index contributed by atoms with van der Waals surface area (Å²) in [4.78, 5) is 11.6. The maximum Gasteiger partial charge on any atom is 0.180 e. The highest BCUT2D eigenvalue weighted by atomic mass is 16.3. The van der Waals surface area contributed by atoms with Gasteiger partial charge in [-0.3, -0.25) is 0 Å². The fourth-order valence-corrected chi connectivity index (χ4v) is 1.72. The molecule has 0 unspecified atom stereocenters. The van der Waals surface area contributed by atoms with Crippen molar-refractivity contribution in [2.75, 3.05) is 5.73 Å². The molecular formula is C12H12N4O. The maximum absolute atomic E-state index is 5.63. The van der Waals surface area contributed by atoms with Crippen LogP contribution in [-0.4, -0.2) is 15.0 Å². The second-order valence-corrected chi connectivity index (χ2v) is 3.81. The molecular weight excluding hydrogens is 216 g/mol. The number of furan rings is 1. The highest BCUT2D eigenvalue weighted by molar-refractivity contribution is 5.76. The number of nitrogens with one attached hydrogen (secondary N) is 1. The molecule has 3 heterocycles. The highest BCUT2D eigenvalue weighted by Gasteiger charge is 2.09. The fourth-order valence-electron chi connectivity index (χ4n) is 1.72. The zero-order valence-corrected chi connectivity index (χ0v) is 9.40. The Balaban J connectivity index is 2.11. The summed E-state index contributed by atoms with van der Waals surface area (Å²) in [5.41, 5.74) is 7.07. The minimum Gasteiger partial charge on any atom is -0.458 e. The van der Waals surface area contributed by atoms with Gasteiger partial charge in [0.2, 0.25) is 0 Å². The van der Waals surface area contributed by atoms with Crippen LogP contribution in [-0.2, 0) is 6.42 Å². The predicted octanol–water partition coefficient (Wildman–Crippen LogP) is 2.36. The number of imidazole rings is 1. The number of H-pyrrole nitrogens is 1.